The molecule has 0 radical (unpaired) electrons. The second-order valence-corrected chi connectivity index (χ2v) is 16.9. The van der Waals surface area contributed by atoms with Gasteiger partial charge in [0.2, 0.25) is 27.7 Å². The second kappa shape index (κ2) is 13.8. The van der Waals surface area contributed by atoms with Crippen LogP contribution in [0, 0.1) is 17.3 Å². The number of Topliss-reactive ketones (excluding diaryl/α,β-unsaturated/α-hetero) is 1. The normalized spacial score (nSPS) is 24.0. The molecule has 3 aliphatic rings. The monoisotopic (exact) mass is 712 g/mol. The molecule has 3 fully saturated rings. The summed E-state index contributed by atoms with van der Waals surface area (Å²) in [4.78, 5) is 62.5. The van der Waals surface area contributed by atoms with Crippen LogP contribution in [0.1, 0.15) is 66.7 Å². The predicted octanol–water partition coefficient (Wildman–Crippen LogP) is 4.24. The van der Waals surface area contributed by atoms with Crippen molar-refractivity contribution < 1.29 is 41.8 Å². The van der Waals surface area contributed by atoms with E-state index in [0.717, 1.165) is 5.39 Å². The van der Waals surface area contributed by atoms with Crippen LogP contribution in [0.15, 0.2) is 43.1 Å². The summed E-state index contributed by atoms with van der Waals surface area (Å²) in [5.74, 6) is -1.40. The maximum atomic E-state index is 14.5. The molecule has 3 amide bonds. The zero-order valence-electron chi connectivity index (χ0n) is 29.8. The van der Waals surface area contributed by atoms with Gasteiger partial charge in [-0.1, -0.05) is 19.9 Å². The summed E-state index contributed by atoms with van der Waals surface area (Å²) < 4.78 is 44.9. The van der Waals surface area contributed by atoms with Crippen molar-refractivity contribution in [3.05, 3.63) is 43.1 Å². The molecule has 1 N–H and O–H groups in total. The first kappa shape index (κ1) is 37.1. The van der Waals surface area contributed by atoms with Crippen molar-refractivity contribution in [3.63, 3.8) is 0 Å². The van der Waals surface area contributed by atoms with Crippen LogP contribution < -0.4 is 14.2 Å². The van der Waals surface area contributed by atoms with Gasteiger partial charge in [0.15, 0.2) is 5.78 Å². The summed E-state index contributed by atoms with van der Waals surface area (Å²) in [5, 5.41) is 0.926. The van der Waals surface area contributed by atoms with Gasteiger partial charge in [0.1, 0.15) is 23.5 Å². The molecule has 1 unspecified atom stereocenters. The lowest BCUT2D eigenvalue weighted by molar-refractivity contribution is -0.143. The average Bonchev–Trinajstić information content (AvgIpc) is 3.96. The van der Waals surface area contributed by atoms with Crippen LogP contribution in [0.5, 0.6) is 11.6 Å². The van der Waals surface area contributed by atoms with E-state index in [9.17, 15) is 27.6 Å². The van der Waals surface area contributed by atoms with E-state index in [2.05, 4.69) is 16.3 Å². The number of methoxy groups -OCH3 is 1. The number of hydrogen-bond donors (Lipinski definition) is 1. The summed E-state index contributed by atoms with van der Waals surface area (Å²) in [6.07, 6.45) is 2.83. The van der Waals surface area contributed by atoms with Gasteiger partial charge in [-0.15, -0.1) is 6.58 Å². The van der Waals surface area contributed by atoms with Crippen molar-refractivity contribution in [2.75, 3.05) is 20.7 Å². The second-order valence-electron chi connectivity index (χ2n) is 15.0. The standard InChI is InChI=1S/C36H48N4O9S/c1-9-23-18-36(23,33(43)38-50(45,46)26-11-12-26)19-29(41)28-17-25(48-31-27-13-10-24(47-8)16-22(27)14-15-37-31)20-40(28)32(42)30(21(2)3)39(7)34(44)49-35(4,5)6/h9-10,13-16,21,23,25-26,28,30H,1,11-12,17-20H2,2-8H3,(H,38,43)/t23-,25?,28+,30+,36-/m1/s1. The average molecular weight is 713 g/mol. The smallest absolute Gasteiger partial charge is 0.410 e. The first-order valence-electron chi connectivity index (χ1n) is 17.0. The third-order valence-corrected chi connectivity index (χ3v) is 11.5. The van der Waals surface area contributed by atoms with E-state index < -0.39 is 74.1 Å². The van der Waals surface area contributed by atoms with E-state index in [1.165, 1.54) is 16.8 Å². The molecular weight excluding hydrogens is 664 g/mol. The van der Waals surface area contributed by atoms with Gasteiger partial charge in [-0.05, 0) is 81.5 Å². The number of aromatic nitrogens is 1. The first-order chi connectivity index (χ1) is 23.4. The molecule has 1 aliphatic heterocycles. The molecule has 2 heterocycles. The molecule has 272 valence electrons. The predicted molar refractivity (Wildman–Crippen MR) is 186 cm³/mol. The number of fused-ring (bicyclic) bond motifs is 1. The highest BCUT2D eigenvalue weighted by atomic mass is 32.2. The van der Waals surface area contributed by atoms with Crippen LogP contribution in [0.25, 0.3) is 10.8 Å². The van der Waals surface area contributed by atoms with Crippen LogP contribution >= 0.6 is 0 Å². The van der Waals surface area contributed by atoms with E-state index in [-0.39, 0.29) is 31.7 Å². The molecule has 14 heteroatoms. The zero-order chi connectivity index (χ0) is 36.8. The van der Waals surface area contributed by atoms with E-state index in [0.29, 0.717) is 29.9 Å². The highest BCUT2D eigenvalue weighted by Crippen LogP contribution is 2.57. The molecular formula is C36H48N4O9S. The lowest BCUT2D eigenvalue weighted by Crippen LogP contribution is -2.55. The van der Waals surface area contributed by atoms with Crippen LogP contribution in [-0.4, -0.2) is 96.6 Å². The molecule has 1 aromatic carbocycles. The third-order valence-electron chi connectivity index (χ3n) is 9.67. The number of carbonyl (C=O) groups is 4. The summed E-state index contributed by atoms with van der Waals surface area (Å²) in [7, 11) is -0.787. The highest BCUT2D eigenvalue weighted by molar-refractivity contribution is 7.90. The number of likely N-dealkylation sites (N-methyl/N-ethyl adjacent to an activating group) is 1. The van der Waals surface area contributed by atoms with Crippen molar-refractivity contribution in [3.8, 4) is 11.6 Å². The number of ketones is 1. The summed E-state index contributed by atoms with van der Waals surface area (Å²) >= 11 is 0. The number of amides is 3. The molecule has 2 saturated carbocycles. The van der Waals surface area contributed by atoms with E-state index >= 15 is 0 Å². The van der Waals surface area contributed by atoms with Gasteiger partial charge in [0, 0.05) is 31.5 Å². The SMILES string of the molecule is C=C[C@@H]1C[C@]1(CC(=O)[C@@H]1CC(Oc2nccc3cc(OC)ccc23)CN1C(=O)[C@H](C(C)C)N(C)C(=O)OC(C)(C)C)C(=O)NS(=O)(=O)C1CC1. The molecule has 5 atom stereocenters. The Morgan fingerprint density at radius 1 is 1.18 bits per heavy atom. The highest BCUT2D eigenvalue weighted by Gasteiger charge is 2.61. The molecule has 13 nitrogen and oxygen atoms in total. The van der Waals surface area contributed by atoms with Crippen molar-refractivity contribution in [2.24, 2.45) is 17.3 Å². The number of nitrogens with one attached hydrogen (secondary N) is 1. The van der Waals surface area contributed by atoms with Gasteiger partial charge >= 0.3 is 6.09 Å². The van der Waals surface area contributed by atoms with Gasteiger partial charge in [-0.2, -0.15) is 0 Å². The van der Waals surface area contributed by atoms with Gasteiger partial charge < -0.3 is 19.1 Å². The molecule has 2 aromatic rings. The first-order valence-corrected chi connectivity index (χ1v) is 18.5. The zero-order valence-corrected chi connectivity index (χ0v) is 30.6. The van der Waals surface area contributed by atoms with Gasteiger partial charge in [0.05, 0.1) is 30.4 Å². The Morgan fingerprint density at radius 3 is 2.46 bits per heavy atom. The Bertz CT molecular complexity index is 1780. The lowest BCUT2D eigenvalue weighted by Gasteiger charge is -2.36. The number of nitrogens with zero attached hydrogens (tertiary/aromatic N) is 3. The quantitative estimate of drug-likeness (QED) is 0.298. The number of carbonyl (C=O) groups excluding carboxylic acids is 4. The molecule has 0 bridgehead atoms. The van der Waals surface area contributed by atoms with Gasteiger partial charge in [-0.25, -0.2) is 18.2 Å². The van der Waals surface area contributed by atoms with Crippen LogP contribution in [-0.2, 0) is 29.1 Å². The molecule has 0 spiro atoms. The number of hydrogen-bond acceptors (Lipinski definition) is 10. The van der Waals surface area contributed by atoms with Crippen LogP contribution in [0.2, 0.25) is 0 Å². The number of allylic oxidation sites excluding steroid dienone is 1. The topological polar surface area (TPSA) is 162 Å². The minimum absolute atomic E-state index is 0.00891. The Morgan fingerprint density at radius 2 is 1.88 bits per heavy atom. The Kier molecular flexibility index (Phi) is 10.3. The number of rotatable bonds is 13. The Balaban J connectivity index is 1.44. The molecule has 1 saturated heterocycles. The van der Waals surface area contributed by atoms with Crippen LogP contribution in [0.3, 0.4) is 0 Å². The number of ether oxygens (including phenoxy) is 3. The van der Waals surface area contributed by atoms with Gasteiger partial charge in [0.25, 0.3) is 0 Å². The molecule has 5 rings (SSSR count). The third kappa shape index (κ3) is 7.74. The lowest BCUT2D eigenvalue weighted by atomic mass is 9.91. The minimum Gasteiger partial charge on any atom is -0.497 e. The van der Waals surface area contributed by atoms with Gasteiger partial charge in [-0.3, -0.25) is 24.0 Å². The van der Waals surface area contributed by atoms with E-state index in [1.807, 2.05) is 18.2 Å². The fourth-order valence-electron chi connectivity index (χ4n) is 6.76. The Hall–Kier alpha value is -4.20. The Labute approximate surface area is 293 Å². The van der Waals surface area contributed by atoms with Crippen molar-refractivity contribution >= 4 is 44.5 Å². The summed E-state index contributed by atoms with van der Waals surface area (Å²) in [6, 6.07) is 5.27. The number of benzene rings is 1. The summed E-state index contributed by atoms with van der Waals surface area (Å²) in [6.45, 7) is 12.6. The van der Waals surface area contributed by atoms with Crippen molar-refractivity contribution in [1.82, 2.24) is 19.5 Å². The molecule has 50 heavy (non-hydrogen) atoms. The fourth-order valence-corrected chi connectivity index (χ4v) is 8.15. The maximum Gasteiger partial charge on any atom is 0.410 e. The van der Waals surface area contributed by atoms with E-state index in [4.69, 9.17) is 14.2 Å². The number of sulfonamides is 1. The van der Waals surface area contributed by atoms with E-state index in [1.54, 1.807) is 60.1 Å². The van der Waals surface area contributed by atoms with Crippen molar-refractivity contribution in [1.29, 1.82) is 0 Å². The molecule has 2 aliphatic carbocycles. The van der Waals surface area contributed by atoms with Crippen molar-refractivity contribution in [2.45, 2.75) is 95.8 Å². The minimum atomic E-state index is -3.85. The number of likely N-dealkylation sites (tertiary alicyclic amines) is 1. The largest absolute Gasteiger partial charge is 0.497 e. The molecule has 1 aromatic heterocycles. The summed E-state index contributed by atoms with van der Waals surface area (Å²) in [5.41, 5.74) is -2.10. The number of pyridine rings is 1. The van der Waals surface area contributed by atoms with Crippen LogP contribution in [0.4, 0.5) is 4.79 Å². The fraction of sp³-hybridized carbons (Fsp3) is 0.583. The maximum absolute atomic E-state index is 14.5.